The monoisotopic (exact) mass is 310 g/mol. The van der Waals surface area contributed by atoms with Crippen LogP contribution in [0.2, 0.25) is 0 Å². The molecule has 0 saturated heterocycles. The van der Waals surface area contributed by atoms with E-state index in [9.17, 15) is 0 Å². The van der Waals surface area contributed by atoms with Crippen molar-refractivity contribution in [3.8, 4) is 11.5 Å². The maximum Gasteiger partial charge on any atom is 0.227 e. The lowest BCUT2D eigenvalue weighted by Gasteiger charge is -2.00. The smallest absolute Gasteiger partial charge is 0.227 e. The van der Waals surface area contributed by atoms with Gasteiger partial charge in [0.1, 0.15) is 5.69 Å². The first kappa shape index (κ1) is 13.2. The van der Waals surface area contributed by atoms with Crippen molar-refractivity contribution in [1.82, 2.24) is 15.1 Å². The van der Waals surface area contributed by atoms with Crippen LogP contribution < -0.4 is 5.73 Å². The SMILES string of the molecule is CC(N)CCCc1nc(-c2ccc(Br)cn2)no1. The Morgan fingerprint density at radius 2 is 2.28 bits per heavy atom. The van der Waals surface area contributed by atoms with Crippen molar-refractivity contribution in [2.24, 2.45) is 5.73 Å². The molecule has 0 aliphatic heterocycles. The molecule has 1 unspecified atom stereocenters. The maximum atomic E-state index is 5.69. The molecule has 2 N–H and O–H groups in total. The number of aromatic nitrogens is 3. The number of hydrogen-bond donors (Lipinski definition) is 1. The van der Waals surface area contributed by atoms with E-state index in [1.54, 1.807) is 6.20 Å². The van der Waals surface area contributed by atoms with Crippen LogP contribution in [0.25, 0.3) is 11.5 Å². The average Bonchev–Trinajstić information content (AvgIpc) is 2.78. The fraction of sp³-hybridized carbons (Fsp3) is 0.417. The highest BCUT2D eigenvalue weighted by atomic mass is 79.9. The summed E-state index contributed by atoms with van der Waals surface area (Å²) < 4.78 is 6.10. The largest absolute Gasteiger partial charge is 0.339 e. The second-order valence-corrected chi connectivity index (χ2v) is 5.16. The van der Waals surface area contributed by atoms with Crippen molar-refractivity contribution < 1.29 is 4.52 Å². The molecule has 2 aromatic heterocycles. The second kappa shape index (κ2) is 6.06. The van der Waals surface area contributed by atoms with Crippen LogP contribution >= 0.6 is 15.9 Å². The van der Waals surface area contributed by atoms with Crippen LogP contribution in [0, 0.1) is 0 Å². The number of aryl methyl sites for hydroxylation is 1. The highest BCUT2D eigenvalue weighted by Crippen LogP contribution is 2.16. The van der Waals surface area contributed by atoms with E-state index in [1.165, 1.54) is 0 Å². The highest BCUT2D eigenvalue weighted by molar-refractivity contribution is 9.10. The van der Waals surface area contributed by atoms with Gasteiger partial charge in [-0.3, -0.25) is 4.98 Å². The molecule has 0 aromatic carbocycles. The molecule has 0 bridgehead atoms. The number of rotatable bonds is 5. The normalized spacial score (nSPS) is 12.6. The van der Waals surface area contributed by atoms with Crippen LogP contribution in [0.1, 0.15) is 25.7 Å². The van der Waals surface area contributed by atoms with Crippen molar-refractivity contribution in [2.45, 2.75) is 32.2 Å². The zero-order chi connectivity index (χ0) is 13.0. The Bertz CT molecular complexity index is 495. The molecule has 0 amide bonds. The molecule has 0 spiro atoms. The predicted molar refractivity (Wildman–Crippen MR) is 71.8 cm³/mol. The van der Waals surface area contributed by atoms with Gasteiger partial charge in [0.25, 0.3) is 0 Å². The Hall–Kier alpha value is -1.27. The molecule has 2 rings (SSSR count). The second-order valence-electron chi connectivity index (χ2n) is 4.24. The Kier molecular flexibility index (Phi) is 4.43. The Morgan fingerprint density at radius 1 is 1.44 bits per heavy atom. The van der Waals surface area contributed by atoms with Crippen molar-refractivity contribution in [3.63, 3.8) is 0 Å². The predicted octanol–water partition coefficient (Wildman–Crippen LogP) is 2.56. The van der Waals surface area contributed by atoms with Gasteiger partial charge in [0.05, 0.1) is 0 Å². The van der Waals surface area contributed by atoms with E-state index < -0.39 is 0 Å². The van der Waals surface area contributed by atoms with Gasteiger partial charge in [-0.1, -0.05) is 5.16 Å². The molecule has 2 heterocycles. The molecule has 0 saturated carbocycles. The Balaban J connectivity index is 1.99. The van der Waals surface area contributed by atoms with Gasteiger partial charge in [-0.05, 0) is 47.8 Å². The minimum atomic E-state index is 0.209. The van der Waals surface area contributed by atoms with Crippen LogP contribution in [0.5, 0.6) is 0 Å². The molecule has 18 heavy (non-hydrogen) atoms. The highest BCUT2D eigenvalue weighted by Gasteiger charge is 2.09. The van der Waals surface area contributed by atoms with Crippen molar-refractivity contribution in [2.75, 3.05) is 0 Å². The fourth-order valence-electron chi connectivity index (χ4n) is 1.54. The summed E-state index contributed by atoms with van der Waals surface area (Å²) in [4.78, 5) is 8.53. The minimum absolute atomic E-state index is 0.209. The van der Waals surface area contributed by atoms with Crippen LogP contribution in [0.4, 0.5) is 0 Å². The molecule has 5 nitrogen and oxygen atoms in total. The molecule has 96 valence electrons. The fourth-order valence-corrected chi connectivity index (χ4v) is 1.78. The number of hydrogen-bond acceptors (Lipinski definition) is 5. The lowest BCUT2D eigenvalue weighted by atomic mass is 10.1. The van der Waals surface area contributed by atoms with Crippen molar-refractivity contribution in [1.29, 1.82) is 0 Å². The Morgan fingerprint density at radius 3 is 2.94 bits per heavy atom. The molecular weight excluding hydrogens is 296 g/mol. The summed E-state index contributed by atoms with van der Waals surface area (Å²) in [5.74, 6) is 1.16. The summed E-state index contributed by atoms with van der Waals surface area (Å²) in [5.41, 5.74) is 6.39. The zero-order valence-corrected chi connectivity index (χ0v) is 11.7. The van der Waals surface area contributed by atoms with Gasteiger partial charge in [0.2, 0.25) is 11.7 Å². The number of pyridine rings is 1. The van der Waals surface area contributed by atoms with E-state index in [0.717, 1.165) is 23.7 Å². The molecule has 0 radical (unpaired) electrons. The van der Waals surface area contributed by atoms with Gasteiger partial charge >= 0.3 is 0 Å². The van der Waals surface area contributed by atoms with Gasteiger partial charge in [-0.15, -0.1) is 0 Å². The molecule has 0 aliphatic carbocycles. The summed E-state index contributed by atoms with van der Waals surface area (Å²) in [6, 6.07) is 3.95. The molecule has 2 aromatic rings. The number of halogens is 1. The van der Waals surface area contributed by atoms with Gasteiger partial charge in [-0.25, -0.2) is 0 Å². The third-order valence-corrected chi connectivity index (χ3v) is 2.94. The van der Waals surface area contributed by atoms with Crippen molar-refractivity contribution in [3.05, 3.63) is 28.7 Å². The van der Waals surface area contributed by atoms with E-state index >= 15 is 0 Å². The molecule has 0 aliphatic rings. The van der Waals surface area contributed by atoms with E-state index in [1.807, 2.05) is 19.1 Å². The summed E-state index contributed by atoms with van der Waals surface area (Å²) in [6.07, 6.45) is 4.37. The van der Waals surface area contributed by atoms with Crippen LogP contribution in [-0.2, 0) is 6.42 Å². The molecule has 0 fully saturated rings. The van der Waals surface area contributed by atoms with E-state index in [2.05, 4.69) is 31.1 Å². The summed E-state index contributed by atoms with van der Waals surface area (Å²) in [5, 5.41) is 3.92. The van der Waals surface area contributed by atoms with E-state index in [-0.39, 0.29) is 6.04 Å². The molecule has 1 atom stereocenters. The van der Waals surface area contributed by atoms with Gasteiger partial charge in [0, 0.05) is 23.1 Å². The van der Waals surface area contributed by atoms with Crippen LogP contribution in [-0.4, -0.2) is 21.2 Å². The quantitative estimate of drug-likeness (QED) is 0.918. The van der Waals surface area contributed by atoms with E-state index in [0.29, 0.717) is 17.4 Å². The van der Waals surface area contributed by atoms with Gasteiger partial charge in [-0.2, -0.15) is 4.98 Å². The third-order valence-electron chi connectivity index (χ3n) is 2.47. The lowest BCUT2D eigenvalue weighted by Crippen LogP contribution is -2.14. The Labute approximate surface area is 114 Å². The number of nitrogens with two attached hydrogens (primary N) is 1. The zero-order valence-electron chi connectivity index (χ0n) is 10.1. The van der Waals surface area contributed by atoms with Crippen molar-refractivity contribution >= 4 is 15.9 Å². The minimum Gasteiger partial charge on any atom is -0.339 e. The summed E-state index contributed by atoms with van der Waals surface area (Å²) in [6.45, 7) is 1.99. The standard InChI is InChI=1S/C12H15BrN4O/c1-8(14)3-2-4-11-16-12(17-18-11)10-6-5-9(13)7-15-10/h5-8H,2-4,14H2,1H3. The summed E-state index contributed by atoms with van der Waals surface area (Å²) >= 11 is 3.33. The van der Waals surface area contributed by atoms with Gasteiger partial charge in [0.15, 0.2) is 0 Å². The summed E-state index contributed by atoms with van der Waals surface area (Å²) in [7, 11) is 0. The third kappa shape index (κ3) is 3.61. The molecular formula is C12H15BrN4O. The first-order valence-corrected chi connectivity index (χ1v) is 6.64. The average molecular weight is 311 g/mol. The first-order valence-electron chi connectivity index (χ1n) is 5.85. The van der Waals surface area contributed by atoms with Crippen LogP contribution in [0.15, 0.2) is 27.3 Å². The molecule has 6 heteroatoms. The lowest BCUT2D eigenvalue weighted by molar-refractivity contribution is 0.373. The van der Waals surface area contributed by atoms with Crippen LogP contribution in [0.3, 0.4) is 0 Å². The maximum absolute atomic E-state index is 5.69. The van der Waals surface area contributed by atoms with E-state index in [4.69, 9.17) is 10.3 Å². The topological polar surface area (TPSA) is 77.8 Å². The first-order chi connectivity index (χ1) is 8.65. The van der Waals surface area contributed by atoms with Gasteiger partial charge < -0.3 is 10.3 Å². The number of nitrogens with zero attached hydrogens (tertiary/aromatic N) is 3.